The number of anilines is 2. The highest BCUT2D eigenvalue weighted by Gasteiger charge is 2.36. The summed E-state index contributed by atoms with van der Waals surface area (Å²) in [6.07, 6.45) is 3.64. The average molecular weight is 777 g/mol. The van der Waals surface area contributed by atoms with Crippen LogP contribution in [-0.4, -0.2) is 88.1 Å². The summed E-state index contributed by atoms with van der Waals surface area (Å²) in [5.41, 5.74) is 4.14. The number of benzene rings is 3. The van der Waals surface area contributed by atoms with Crippen molar-refractivity contribution in [2.24, 2.45) is 5.92 Å². The van der Waals surface area contributed by atoms with Gasteiger partial charge in [-0.15, -0.1) is 0 Å². The molecule has 2 amide bonds. The number of esters is 1. The van der Waals surface area contributed by atoms with E-state index in [1.807, 2.05) is 88.0 Å². The van der Waals surface area contributed by atoms with E-state index in [1.165, 1.54) is 7.11 Å². The maximum atomic E-state index is 14.0. The Bertz CT molecular complexity index is 1770. The Kier molecular flexibility index (Phi) is 14.0. The SMILES string of the molecule is COC(=O)CN(CCNC(=O)OC(C)(C)C)[C@H]1CC[C@H](CN(C)c2ccc(N3C(=O)Cc4cc(OC)c(OC(C)C)cc4C3c3ccc(Cl)cc3)cc2)CC1. The van der Waals surface area contributed by atoms with Gasteiger partial charge in [-0.25, -0.2) is 4.79 Å². The van der Waals surface area contributed by atoms with Crippen molar-refractivity contribution in [1.82, 2.24) is 10.2 Å². The van der Waals surface area contributed by atoms with Crippen LogP contribution in [0.2, 0.25) is 5.02 Å². The maximum Gasteiger partial charge on any atom is 0.407 e. The summed E-state index contributed by atoms with van der Waals surface area (Å²) in [7, 11) is 5.12. The number of amides is 2. The van der Waals surface area contributed by atoms with Crippen LogP contribution in [0.4, 0.5) is 16.2 Å². The average Bonchev–Trinajstić information content (AvgIpc) is 3.13. The number of carbonyl (C=O) groups is 3. The topological polar surface area (TPSA) is 110 Å². The normalized spacial score (nSPS) is 18.5. The number of rotatable bonds is 14. The molecule has 1 N–H and O–H groups in total. The van der Waals surface area contributed by atoms with Gasteiger partial charge in [0.25, 0.3) is 0 Å². The second-order valence-corrected chi connectivity index (χ2v) is 16.2. The first-order valence-electron chi connectivity index (χ1n) is 19.2. The lowest BCUT2D eigenvalue weighted by molar-refractivity contribution is -0.142. The molecule has 11 nitrogen and oxygen atoms in total. The summed E-state index contributed by atoms with van der Waals surface area (Å²) < 4.78 is 22.2. The summed E-state index contributed by atoms with van der Waals surface area (Å²) in [6, 6.07) is 19.7. The van der Waals surface area contributed by atoms with Crippen molar-refractivity contribution < 1.29 is 33.3 Å². The molecular weight excluding hydrogens is 720 g/mol. The van der Waals surface area contributed by atoms with Crippen molar-refractivity contribution in [1.29, 1.82) is 0 Å². The number of nitrogens with zero attached hydrogens (tertiary/aromatic N) is 3. The molecule has 55 heavy (non-hydrogen) atoms. The van der Waals surface area contributed by atoms with Crippen molar-refractivity contribution in [2.75, 3.05) is 57.2 Å². The first-order chi connectivity index (χ1) is 26.1. The Balaban J connectivity index is 1.26. The smallest absolute Gasteiger partial charge is 0.407 e. The Hall–Kier alpha value is -4.48. The molecule has 1 saturated carbocycles. The Labute approximate surface area is 331 Å². The highest BCUT2D eigenvalue weighted by Crippen LogP contribution is 2.44. The minimum absolute atomic E-state index is 0.00763. The van der Waals surface area contributed by atoms with E-state index in [9.17, 15) is 14.4 Å². The van der Waals surface area contributed by atoms with Gasteiger partial charge >= 0.3 is 12.1 Å². The van der Waals surface area contributed by atoms with Crippen molar-refractivity contribution in [3.63, 3.8) is 0 Å². The molecule has 3 aromatic rings. The van der Waals surface area contributed by atoms with Crippen LogP contribution in [0.25, 0.3) is 0 Å². The molecule has 0 bridgehead atoms. The lowest BCUT2D eigenvalue weighted by Gasteiger charge is -2.39. The molecule has 1 aliphatic carbocycles. The van der Waals surface area contributed by atoms with Gasteiger partial charge in [0.05, 0.1) is 39.3 Å². The van der Waals surface area contributed by atoms with Crippen LogP contribution in [0.3, 0.4) is 0 Å². The molecule has 1 atom stereocenters. The molecule has 0 saturated heterocycles. The first kappa shape index (κ1) is 41.7. The van der Waals surface area contributed by atoms with Gasteiger partial charge in [-0.2, -0.15) is 0 Å². The second kappa shape index (κ2) is 18.4. The largest absolute Gasteiger partial charge is 0.493 e. The second-order valence-electron chi connectivity index (χ2n) is 15.8. The van der Waals surface area contributed by atoms with Gasteiger partial charge < -0.3 is 34.1 Å². The molecule has 1 fully saturated rings. The highest BCUT2D eigenvalue weighted by molar-refractivity contribution is 6.30. The van der Waals surface area contributed by atoms with Crippen molar-refractivity contribution in [3.05, 3.63) is 82.4 Å². The highest BCUT2D eigenvalue weighted by atomic mass is 35.5. The number of alkyl carbamates (subject to hydrolysis) is 1. The zero-order valence-electron chi connectivity index (χ0n) is 33.5. The fourth-order valence-corrected chi connectivity index (χ4v) is 7.74. The van der Waals surface area contributed by atoms with E-state index < -0.39 is 11.7 Å². The molecule has 0 spiro atoms. The van der Waals surface area contributed by atoms with Crippen molar-refractivity contribution in [2.45, 2.75) is 90.5 Å². The van der Waals surface area contributed by atoms with Gasteiger partial charge in [0.1, 0.15) is 5.60 Å². The van der Waals surface area contributed by atoms with E-state index in [2.05, 4.69) is 34.3 Å². The maximum absolute atomic E-state index is 14.0. The van der Waals surface area contributed by atoms with Gasteiger partial charge in [-0.05, 0) is 131 Å². The lowest BCUT2D eigenvalue weighted by Crippen LogP contribution is -2.46. The third kappa shape index (κ3) is 11.1. The van der Waals surface area contributed by atoms with E-state index in [1.54, 1.807) is 7.11 Å². The Morgan fingerprint density at radius 1 is 0.964 bits per heavy atom. The quantitative estimate of drug-likeness (QED) is 0.164. The van der Waals surface area contributed by atoms with E-state index in [-0.39, 0.29) is 43.0 Å². The summed E-state index contributed by atoms with van der Waals surface area (Å²) in [5, 5.41) is 3.44. The number of halogens is 1. The standard InChI is InChI=1S/C43H57ClN4O7/c1-28(2)54-38-25-36-31(23-37(38)52-7)24-39(49)48(41(36)30-11-13-32(44)14-12-30)35-19-17-33(18-20-35)46(6)26-29-9-15-34(16-10-29)47(27-40(50)53-8)22-21-45-42(51)55-43(3,4)5/h11-14,17-20,23,25,28-29,34,41H,9-10,15-16,21-22,24,26-27H2,1-8H3,(H,45,51)/t29-,34-,41?. The van der Waals surface area contributed by atoms with Crippen molar-refractivity contribution >= 4 is 40.9 Å². The van der Waals surface area contributed by atoms with Crippen LogP contribution in [0.5, 0.6) is 11.5 Å². The number of nitrogens with one attached hydrogen (secondary N) is 1. The summed E-state index contributed by atoms with van der Waals surface area (Å²) in [4.78, 5) is 44.7. The molecule has 1 unspecified atom stereocenters. The van der Waals surface area contributed by atoms with E-state index in [0.717, 1.165) is 60.3 Å². The number of ether oxygens (including phenoxy) is 4. The zero-order valence-corrected chi connectivity index (χ0v) is 34.3. The molecule has 0 aromatic heterocycles. The summed E-state index contributed by atoms with van der Waals surface area (Å²) >= 11 is 6.30. The van der Waals surface area contributed by atoms with Gasteiger partial charge in [-0.1, -0.05) is 23.7 Å². The van der Waals surface area contributed by atoms with E-state index in [4.69, 9.17) is 30.5 Å². The molecule has 2 aliphatic rings. The monoisotopic (exact) mass is 776 g/mol. The van der Waals surface area contributed by atoms with E-state index in [0.29, 0.717) is 35.5 Å². The lowest BCUT2D eigenvalue weighted by atomic mass is 9.85. The molecule has 298 valence electrons. The Morgan fingerprint density at radius 3 is 2.24 bits per heavy atom. The Morgan fingerprint density at radius 2 is 1.64 bits per heavy atom. The molecule has 1 aliphatic heterocycles. The molecule has 0 radical (unpaired) electrons. The van der Waals surface area contributed by atoms with E-state index >= 15 is 0 Å². The number of fused-ring (bicyclic) bond motifs is 1. The number of hydrogen-bond donors (Lipinski definition) is 1. The van der Waals surface area contributed by atoms with Crippen LogP contribution in [-0.2, 0) is 25.5 Å². The van der Waals surface area contributed by atoms with Crippen LogP contribution in [0.15, 0.2) is 60.7 Å². The van der Waals surface area contributed by atoms with Gasteiger partial charge in [0, 0.05) is 49.1 Å². The van der Waals surface area contributed by atoms with Crippen LogP contribution < -0.4 is 24.6 Å². The number of carbonyl (C=O) groups excluding carboxylic acids is 3. The molecule has 5 rings (SSSR count). The van der Waals surface area contributed by atoms with Crippen LogP contribution in [0, 0.1) is 5.92 Å². The van der Waals surface area contributed by atoms with Gasteiger partial charge in [-0.3, -0.25) is 14.5 Å². The fourth-order valence-electron chi connectivity index (χ4n) is 7.62. The summed E-state index contributed by atoms with van der Waals surface area (Å²) in [5.74, 6) is 1.43. The van der Waals surface area contributed by atoms with Gasteiger partial charge in [0.2, 0.25) is 5.91 Å². The van der Waals surface area contributed by atoms with Crippen LogP contribution in [0.1, 0.15) is 83.0 Å². The first-order valence-corrected chi connectivity index (χ1v) is 19.6. The number of hydrogen-bond acceptors (Lipinski definition) is 9. The molecule has 1 heterocycles. The molecule has 3 aromatic carbocycles. The summed E-state index contributed by atoms with van der Waals surface area (Å²) in [6.45, 7) is 11.4. The predicted molar refractivity (Wildman–Crippen MR) is 217 cm³/mol. The number of methoxy groups -OCH3 is 2. The van der Waals surface area contributed by atoms with Crippen molar-refractivity contribution in [3.8, 4) is 11.5 Å². The van der Waals surface area contributed by atoms with Crippen LogP contribution >= 0.6 is 11.6 Å². The zero-order chi connectivity index (χ0) is 39.9. The third-order valence-electron chi connectivity index (χ3n) is 10.2. The fraction of sp³-hybridized carbons (Fsp3) is 0.512. The minimum atomic E-state index is -0.576. The molecular formula is C43H57ClN4O7. The minimum Gasteiger partial charge on any atom is -0.493 e. The predicted octanol–water partition coefficient (Wildman–Crippen LogP) is 7.81. The van der Waals surface area contributed by atoms with Gasteiger partial charge in [0.15, 0.2) is 11.5 Å². The third-order valence-corrected chi connectivity index (χ3v) is 10.4. The molecule has 12 heteroatoms.